The second-order valence-electron chi connectivity index (χ2n) is 3.19. The van der Waals surface area contributed by atoms with E-state index in [1.54, 1.807) is 6.08 Å². The minimum Gasteiger partial charge on any atom is -0.463 e. The lowest BCUT2D eigenvalue weighted by molar-refractivity contribution is -0.137. The monoisotopic (exact) mass is 168 g/mol. The van der Waals surface area contributed by atoms with Crippen molar-refractivity contribution in [1.29, 1.82) is 0 Å². The van der Waals surface area contributed by atoms with Gasteiger partial charge in [0.1, 0.15) is 0 Å². The van der Waals surface area contributed by atoms with Gasteiger partial charge in [-0.05, 0) is 19.3 Å². The molecule has 0 heterocycles. The summed E-state index contributed by atoms with van der Waals surface area (Å²) in [6, 6.07) is 0. The zero-order valence-corrected chi connectivity index (χ0v) is 7.58. The molecule has 1 fully saturated rings. The normalized spacial score (nSPS) is 17.8. The molecule has 1 rings (SSSR count). The Balaban J connectivity index is 2.07. The first-order chi connectivity index (χ1) is 5.83. The predicted octanol–water partition coefficient (Wildman–Crippen LogP) is 2.30. The second kappa shape index (κ2) is 4.96. The number of allylic oxidation sites excluding steroid dienone is 1. The second-order valence-corrected chi connectivity index (χ2v) is 3.19. The van der Waals surface area contributed by atoms with Crippen LogP contribution in [0.1, 0.15) is 32.6 Å². The third-order valence-electron chi connectivity index (χ3n) is 2.23. The molecular weight excluding hydrogens is 152 g/mol. The van der Waals surface area contributed by atoms with Crippen LogP contribution in [0.15, 0.2) is 12.2 Å². The lowest BCUT2D eigenvalue weighted by atomic mass is 9.83. The molecule has 0 aliphatic heterocycles. The van der Waals surface area contributed by atoms with Gasteiger partial charge in [-0.15, -0.1) is 0 Å². The first kappa shape index (κ1) is 9.30. The van der Waals surface area contributed by atoms with Crippen LogP contribution in [0, 0.1) is 5.92 Å². The first-order valence-corrected chi connectivity index (χ1v) is 4.66. The van der Waals surface area contributed by atoms with Crippen LogP contribution in [-0.4, -0.2) is 12.6 Å². The fraction of sp³-hybridized carbons (Fsp3) is 0.700. The molecule has 0 saturated heterocycles. The van der Waals surface area contributed by atoms with Crippen molar-refractivity contribution in [3.8, 4) is 0 Å². The Morgan fingerprint density at radius 2 is 2.33 bits per heavy atom. The number of hydrogen-bond donors (Lipinski definition) is 0. The number of carbonyl (C=O) groups excluding carboxylic acids is 1. The van der Waals surface area contributed by atoms with Gasteiger partial charge >= 0.3 is 5.97 Å². The van der Waals surface area contributed by atoms with Crippen molar-refractivity contribution in [2.45, 2.75) is 32.6 Å². The molecular formula is C10H16O2. The number of esters is 1. The van der Waals surface area contributed by atoms with Crippen molar-refractivity contribution in [2.75, 3.05) is 6.61 Å². The lowest BCUT2D eigenvalue weighted by Gasteiger charge is -2.23. The van der Waals surface area contributed by atoms with E-state index < -0.39 is 0 Å². The van der Waals surface area contributed by atoms with E-state index in [4.69, 9.17) is 4.74 Å². The van der Waals surface area contributed by atoms with Gasteiger partial charge in [-0.2, -0.15) is 0 Å². The predicted molar refractivity (Wildman–Crippen MR) is 47.7 cm³/mol. The molecule has 2 nitrogen and oxygen atoms in total. The number of hydrogen-bond acceptors (Lipinski definition) is 2. The van der Waals surface area contributed by atoms with Crippen LogP contribution in [0.25, 0.3) is 0 Å². The fourth-order valence-electron chi connectivity index (χ4n) is 1.28. The van der Waals surface area contributed by atoms with E-state index in [-0.39, 0.29) is 5.97 Å². The van der Waals surface area contributed by atoms with Crippen LogP contribution in [0.4, 0.5) is 0 Å². The molecule has 1 aliphatic rings. The van der Waals surface area contributed by atoms with Crippen molar-refractivity contribution in [1.82, 2.24) is 0 Å². The number of ether oxygens (including phenoxy) is 1. The zero-order valence-electron chi connectivity index (χ0n) is 7.58. The van der Waals surface area contributed by atoms with Gasteiger partial charge in [0.25, 0.3) is 0 Å². The molecule has 68 valence electrons. The summed E-state index contributed by atoms with van der Waals surface area (Å²) < 4.78 is 4.75. The molecule has 0 spiro atoms. The van der Waals surface area contributed by atoms with E-state index in [9.17, 15) is 4.79 Å². The third kappa shape index (κ3) is 3.07. The van der Waals surface area contributed by atoms with E-state index in [2.05, 4.69) is 0 Å². The van der Waals surface area contributed by atoms with Crippen molar-refractivity contribution < 1.29 is 9.53 Å². The Kier molecular flexibility index (Phi) is 3.85. The summed E-state index contributed by atoms with van der Waals surface area (Å²) in [5.74, 6) is 0.618. The molecule has 1 aliphatic carbocycles. The summed E-state index contributed by atoms with van der Waals surface area (Å²) in [5.41, 5.74) is 0. The zero-order chi connectivity index (χ0) is 8.81. The van der Waals surface area contributed by atoms with Gasteiger partial charge in [-0.1, -0.05) is 25.3 Å². The summed E-state index contributed by atoms with van der Waals surface area (Å²) >= 11 is 0. The van der Waals surface area contributed by atoms with Crippen LogP contribution >= 0.6 is 0 Å². The van der Waals surface area contributed by atoms with Crippen LogP contribution in [0.3, 0.4) is 0 Å². The van der Waals surface area contributed by atoms with E-state index in [0.717, 1.165) is 12.3 Å². The van der Waals surface area contributed by atoms with E-state index in [1.807, 2.05) is 13.0 Å². The molecule has 0 amide bonds. The highest BCUT2D eigenvalue weighted by atomic mass is 16.5. The maximum absolute atomic E-state index is 10.8. The molecule has 0 radical (unpaired) electrons. The smallest absolute Gasteiger partial charge is 0.330 e. The topological polar surface area (TPSA) is 26.3 Å². The van der Waals surface area contributed by atoms with Crippen LogP contribution < -0.4 is 0 Å². The first-order valence-electron chi connectivity index (χ1n) is 4.66. The van der Waals surface area contributed by atoms with Gasteiger partial charge in [0.2, 0.25) is 0 Å². The molecule has 1 saturated carbocycles. The van der Waals surface area contributed by atoms with E-state index in [1.165, 1.54) is 19.3 Å². The van der Waals surface area contributed by atoms with Gasteiger partial charge in [0.15, 0.2) is 0 Å². The summed E-state index contributed by atoms with van der Waals surface area (Å²) in [6.45, 7) is 2.28. The lowest BCUT2D eigenvalue weighted by Crippen LogP contribution is -2.09. The molecule has 0 aromatic heterocycles. The molecule has 2 heteroatoms. The SMILES string of the molecule is CCOC(=O)C=CCC1CCC1. The average Bonchev–Trinajstić information content (AvgIpc) is 1.95. The van der Waals surface area contributed by atoms with Crippen molar-refractivity contribution in [3.05, 3.63) is 12.2 Å². The van der Waals surface area contributed by atoms with E-state index >= 15 is 0 Å². The average molecular weight is 168 g/mol. The summed E-state index contributed by atoms with van der Waals surface area (Å²) in [5, 5.41) is 0. The Morgan fingerprint density at radius 3 is 2.83 bits per heavy atom. The maximum atomic E-state index is 10.8. The maximum Gasteiger partial charge on any atom is 0.330 e. The van der Waals surface area contributed by atoms with Gasteiger partial charge < -0.3 is 4.74 Å². The van der Waals surface area contributed by atoms with Crippen molar-refractivity contribution >= 4 is 5.97 Å². The molecule has 0 unspecified atom stereocenters. The Bertz CT molecular complexity index is 169. The molecule has 0 aromatic carbocycles. The van der Waals surface area contributed by atoms with Gasteiger partial charge in [-0.25, -0.2) is 4.79 Å². The highest BCUT2D eigenvalue weighted by Gasteiger charge is 2.15. The van der Waals surface area contributed by atoms with Gasteiger partial charge in [0.05, 0.1) is 6.61 Å². The summed E-state index contributed by atoms with van der Waals surface area (Å²) in [4.78, 5) is 10.8. The standard InChI is InChI=1S/C10H16O2/c1-2-12-10(11)8-4-7-9-5-3-6-9/h4,8-9H,2-3,5-7H2,1H3. The fourth-order valence-corrected chi connectivity index (χ4v) is 1.28. The summed E-state index contributed by atoms with van der Waals surface area (Å²) in [7, 11) is 0. The Hall–Kier alpha value is -0.790. The third-order valence-corrected chi connectivity index (χ3v) is 2.23. The molecule has 0 N–H and O–H groups in total. The quantitative estimate of drug-likeness (QED) is 0.475. The molecule has 0 bridgehead atoms. The Morgan fingerprint density at radius 1 is 1.58 bits per heavy atom. The van der Waals surface area contributed by atoms with Crippen LogP contribution in [0.5, 0.6) is 0 Å². The Labute approximate surface area is 73.6 Å². The molecule has 0 aromatic rings. The number of carbonyl (C=O) groups is 1. The molecule has 12 heavy (non-hydrogen) atoms. The van der Waals surface area contributed by atoms with Crippen LogP contribution in [-0.2, 0) is 9.53 Å². The van der Waals surface area contributed by atoms with Gasteiger partial charge in [0, 0.05) is 6.08 Å². The van der Waals surface area contributed by atoms with Crippen molar-refractivity contribution in [2.24, 2.45) is 5.92 Å². The van der Waals surface area contributed by atoms with Crippen LogP contribution in [0.2, 0.25) is 0 Å². The minimum atomic E-state index is -0.211. The number of rotatable bonds is 4. The highest BCUT2D eigenvalue weighted by Crippen LogP contribution is 2.29. The highest BCUT2D eigenvalue weighted by molar-refractivity contribution is 5.81. The van der Waals surface area contributed by atoms with E-state index in [0.29, 0.717) is 6.61 Å². The summed E-state index contributed by atoms with van der Waals surface area (Å²) in [6.07, 6.45) is 8.53. The largest absolute Gasteiger partial charge is 0.463 e. The minimum absolute atomic E-state index is 0.211. The molecule has 0 atom stereocenters. The van der Waals surface area contributed by atoms with Crippen molar-refractivity contribution in [3.63, 3.8) is 0 Å². The van der Waals surface area contributed by atoms with Gasteiger partial charge in [-0.3, -0.25) is 0 Å².